The summed E-state index contributed by atoms with van der Waals surface area (Å²) in [5.41, 5.74) is 3.57. The molecule has 1 aliphatic heterocycles. The number of fused-ring (bicyclic) bond motifs is 1. The Labute approximate surface area is 187 Å². The standard InChI is InChI=1S/C26H24N2O4/c1-4-28(5-2)20-8-6-18(7-9-20)15-23-25(29)24-17(3)14-21(16-22(24)32-23)31-26(30)19-10-12-27-13-11-19/h6-16H,4-5H2,1-3H3/b23-15-. The van der Waals surface area contributed by atoms with E-state index < -0.39 is 5.97 Å². The minimum atomic E-state index is -0.500. The zero-order valence-corrected chi connectivity index (χ0v) is 18.3. The maximum atomic E-state index is 12.9. The third-order valence-corrected chi connectivity index (χ3v) is 5.39. The molecule has 0 amide bonds. The molecule has 4 rings (SSSR count). The van der Waals surface area contributed by atoms with E-state index in [9.17, 15) is 9.59 Å². The zero-order chi connectivity index (χ0) is 22.7. The molecule has 2 heterocycles. The Morgan fingerprint density at radius 2 is 1.75 bits per heavy atom. The topological polar surface area (TPSA) is 68.7 Å². The van der Waals surface area contributed by atoms with Crippen molar-refractivity contribution in [2.24, 2.45) is 0 Å². The van der Waals surface area contributed by atoms with Gasteiger partial charge in [-0.05, 0) is 68.3 Å². The number of carbonyl (C=O) groups is 2. The number of ether oxygens (including phenoxy) is 2. The molecule has 0 aliphatic carbocycles. The Bertz CT molecular complexity index is 1180. The van der Waals surface area contributed by atoms with E-state index in [4.69, 9.17) is 9.47 Å². The van der Waals surface area contributed by atoms with Gasteiger partial charge in [0.15, 0.2) is 5.76 Å². The average molecular weight is 428 g/mol. The first-order chi connectivity index (χ1) is 15.5. The van der Waals surface area contributed by atoms with E-state index in [1.165, 1.54) is 12.4 Å². The fourth-order valence-corrected chi connectivity index (χ4v) is 3.71. The van der Waals surface area contributed by atoms with Crippen LogP contribution in [0.5, 0.6) is 11.5 Å². The van der Waals surface area contributed by atoms with Gasteiger partial charge < -0.3 is 14.4 Å². The number of anilines is 1. The van der Waals surface area contributed by atoms with Crippen LogP contribution in [0.15, 0.2) is 66.7 Å². The molecule has 0 radical (unpaired) electrons. The van der Waals surface area contributed by atoms with E-state index in [0.29, 0.717) is 28.2 Å². The third-order valence-electron chi connectivity index (χ3n) is 5.39. The molecule has 2 aromatic carbocycles. The molecule has 1 aromatic heterocycles. The third kappa shape index (κ3) is 4.25. The number of benzene rings is 2. The molecular formula is C26H24N2O4. The zero-order valence-electron chi connectivity index (χ0n) is 18.3. The number of Topliss-reactive ketones (excluding diaryl/α,β-unsaturated/α-hetero) is 1. The molecule has 0 spiro atoms. The summed E-state index contributed by atoms with van der Waals surface area (Å²) in [5, 5.41) is 0. The lowest BCUT2D eigenvalue weighted by Gasteiger charge is -2.20. The minimum Gasteiger partial charge on any atom is -0.452 e. The van der Waals surface area contributed by atoms with Crippen molar-refractivity contribution in [1.82, 2.24) is 4.98 Å². The Morgan fingerprint density at radius 1 is 1.06 bits per heavy atom. The molecule has 0 bridgehead atoms. The number of nitrogens with zero attached hydrogens (tertiary/aromatic N) is 2. The number of allylic oxidation sites excluding steroid dienone is 1. The molecule has 0 fully saturated rings. The van der Waals surface area contributed by atoms with Gasteiger partial charge in [-0.2, -0.15) is 0 Å². The number of ketones is 1. The monoisotopic (exact) mass is 428 g/mol. The van der Waals surface area contributed by atoms with Crippen molar-refractivity contribution < 1.29 is 19.1 Å². The summed E-state index contributed by atoms with van der Waals surface area (Å²) < 4.78 is 11.3. The molecular weight excluding hydrogens is 404 g/mol. The van der Waals surface area contributed by atoms with Gasteiger partial charge in [-0.25, -0.2) is 4.79 Å². The molecule has 0 atom stereocenters. The predicted octanol–water partition coefficient (Wildman–Crippen LogP) is 5.07. The molecule has 0 N–H and O–H groups in total. The van der Waals surface area contributed by atoms with Crippen molar-refractivity contribution in [3.63, 3.8) is 0 Å². The second-order valence-electron chi connectivity index (χ2n) is 7.44. The first-order valence-electron chi connectivity index (χ1n) is 10.6. The van der Waals surface area contributed by atoms with Crippen molar-refractivity contribution in [2.75, 3.05) is 18.0 Å². The van der Waals surface area contributed by atoms with Gasteiger partial charge in [-0.3, -0.25) is 9.78 Å². The highest BCUT2D eigenvalue weighted by Gasteiger charge is 2.30. The van der Waals surface area contributed by atoms with Gasteiger partial charge in [0.05, 0.1) is 11.1 Å². The first-order valence-corrected chi connectivity index (χ1v) is 10.6. The van der Waals surface area contributed by atoms with E-state index in [1.54, 1.807) is 37.3 Å². The van der Waals surface area contributed by atoms with Gasteiger partial charge in [0.2, 0.25) is 5.78 Å². The van der Waals surface area contributed by atoms with Crippen molar-refractivity contribution in [2.45, 2.75) is 20.8 Å². The van der Waals surface area contributed by atoms with Crippen LogP contribution in [0.4, 0.5) is 5.69 Å². The number of aromatic nitrogens is 1. The smallest absolute Gasteiger partial charge is 0.343 e. The van der Waals surface area contributed by atoms with Crippen molar-refractivity contribution in [3.05, 3.63) is 88.9 Å². The second kappa shape index (κ2) is 9.06. The predicted molar refractivity (Wildman–Crippen MR) is 123 cm³/mol. The van der Waals surface area contributed by atoms with E-state index >= 15 is 0 Å². The number of carbonyl (C=O) groups excluding carboxylic acids is 2. The summed E-state index contributed by atoms with van der Waals surface area (Å²) in [6.07, 6.45) is 4.78. The van der Waals surface area contributed by atoms with Crippen LogP contribution in [0.1, 0.15) is 45.7 Å². The average Bonchev–Trinajstić information content (AvgIpc) is 3.11. The molecule has 0 saturated heterocycles. The number of rotatable bonds is 6. The minimum absolute atomic E-state index is 0.183. The summed E-state index contributed by atoms with van der Waals surface area (Å²) in [4.78, 5) is 31.4. The first kappa shape index (κ1) is 21.3. The van der Waals surface area contributed by atoms with Gasteiger partial charge in [0.25, 0.3) is 0 Å². The molecule has 1 aliphatic rings. The van der Waals surface area contributed by atoms with E-state index in [1.807, 2.05) is 24.3 Å². The lowest BCUT2D eigenvalue weighted by atomic mass is 10.0. The van der Waals surface area contributed by atoms with Crippen LogP contribution in [-0.2, 0) is 0 Å². The van der Waals surface area contributed by atoms with Gasteiger partial charge in [0.1, 0.15) is 11.5 Å². The van der Waals surface area contributed by atoms with Gasteiger partial charge in [-0.1, -0.05) is 12.1 Å². The van der Waals surface area contributed by atoms with Crippen LogP contribution >= 0.6 is 0 Å². The van der Waals surface area contributed by atoms with Crippen LogP contribution < -0.4 is 14.4 Å². The fourth-order valence-electron chi connectivity index (χ4n) is 3.71. The number of aryl methyl sites for hydroxylation is 1. The van der Waals surface area contributed by atoms with E-state index in [-0.39, 0.29) is 11.5 Å². The van der Waals surface area contributed by atoms with Crippen LogP contribution in [-0.4, -0.2) is 29.8 Å². The summed E-state index contributed by atoms with van der Waals surface area (Å²) in [6.45, 7) is 7.90. The molecule has 0 saturated carbocycles. The van der Waals surface area contributed by atoms with Crippen LogP contribution in [0.2, 0.25) is 0 Å². The second-order valence-corrected chi connectivity index (χ2v) is 7.44. The summed E-state index contributed by atoms with van der Waals surface area (Å²) in [6, 6.07) is 14.4. The Hall–Kier alpha value is -3.93. The summed E-state index contributed by atoms with van der Waals surface area (Å²) in [7, 11) is 0. The normalized spacial score (nSPS) is 13.6. The van der Waals surface area contributed by atoms with Crippen LogP contribution in [0.25, 0.3) is 6.08 Å². The number of esters is 1. The quantitative estimate of drug-likeness (QED) is 0.310. The van der Waals surface area contributed by atoms with E-state index in [0.717, 1.165) is 24.3 Å². The largest absolute Gasteiger partial charge is 0.452 e. The van der Waals surface area contributed by atoms with E-state index in [2.05, 4.69) is 23.7 Å². The summed E-state index contributed by atoms with van der Waals surface area (Å²) in [5.74, 6) is 0.271. The molecule has 3 aromatic rings. The van der Waals surface area contributed by atoms with Crippen LogP contribution in [0, 0.1) is 6.92 Å². The molecule has 6 heteroatoms. The van der Waals surface area contributed by atoms with Gasteiger partial charge >= 0.3 is 5.97 Å². The highest BCUT2D eigenvalue weighted by atomic mass is 16.5. The molecule has 6 nitrogen and oxygen atoms in total. The van der Waals surface area contributed by atoms with Crippen molar-refractivity contribution in [3.8, 4) is 11.5 Å². The fraction of sp³-hybridized carbons (Fsp3) is 0.192. The number of pyridine rings is 1. The number of hydrogen-bond donors (Lipinski definition) is 0. The lowest BCUT2D eigenvalue weighted by Crippen LogP contribution is -2.21. The lowest BCUT2D eigenvalue weighted by molar-refractivity contribution is 0.0734. The van der Waals surface area contributed by atoms with Crippen LogP contribution in [0.3, 0.4) is 0 Å². The molecule has 32 heavy (non-hydrogen) atoms. The highest BCUT2D eigenvalue weighted by Crippen LogP contribution is 2.37. The van der Waals surface area contributed by atoms with Gasteiger partial charge in [-0.15, -0.1) is 0 Å². The van der Waals surface area contributed by atoms with Crippen molar-refractivity contribution in [1.29, 1.82) is 0 Å². The Kier molecular flexibility index (Phi) is 6.03. The molecule has 0 unspecified atom stereocenters. The van der Waals surface area contributed by atoms with Crippen molar-refractivity contribution >= 4 is 23.5 Å². The maximum Gasteiger partial charge on any atom is 0.343 e. The SMILES string of the molecule is CCN(CC)c1ccc(/C=C2\Oc3cc(OC(=O)c4ccncc4)cc(C)c3C2=O)cc1. The maximum absolute atomic E-state index is 12.9. The molecule has 162 valence electrons. The highest BCUT2D eigenvalue weighted by molar-refractivity contribution is 6.15. The van der Waals surface area contributed by atoms with Gasteiger partial charge in [0, 0.05) is 37.2 Å². The Balaban J connectivity index is 1.55. The number of hydrogen-bond acceptors (Lipinski definition) is 6. The Morgan fingerprint density at radius 3 is 2.41 bits per heavy atom. The summed E-state index contributed by atoms with van der Waals surface area (Å²) >= 11 is 0.